The molecular weight excluding hydrogens is 258 g/mol. The van der Waals surface area contributed by atoms with Gasteiger partial charge in [0.05, 0.1) is 0 Å². The van der Waals surface area contributed by atoms with Gasteiger partial charge in [-0.25, -0.2) is 0 Å². The van der Waals surface area contributed by atoms with Crippen molar-refractivity contribution in [1.29, 1.82) is 0 Å². The van der Waals surface area contributed by atoms with Crippen LogP contribution in [-0.2, 0) is 0 Å². The highest BCUT2D eigenvalue weighted by Crippen LogP contribution is 2.43. The Bertz CT molecular complexity index is 495. The van der Waals surface area contributed by atoms with Crippen molar-refractivity contribution in [3.63, 3.8) is 0 Å². The molecule has 0 radical (unpaired) electrons. The van der Waals surface area contributed by atoms with E-state index < -0.39 is 0 Å². The zero-order valence-corrected chi connectivity index (χ0v) is 14.5. The fraction of sp³-hybridized carbons (Fsp3) is 0.684. The maximum Gasteiger partial charge on any atom is 0.125 e. The first-order valence-corrected chi connectivity index (χ1v) is 8.38. The molecule has 1 aromatic rings. The summed E-state index contributed by atoms with van der Waals surface area (Å²) < 4.78 is 6.35. The lowest BCUT2D eigenvalue weighted by Crippen LogP contribution is -2.42. The first kappa shape index (κ1) is 16.4. The Balaban J connectivity index is 2.28. The monoisotopic (exact) mass is 289 g/mol. The van der Waals surface area contributed by atoms with E-state index in [2.05, 4.69) is 59.0 Å². The molecule has 0 saturated heterocycles. The minimum atomic E-state index is -0.0528. The molecule has 118 valence electrons. The average Bonchev–Trinajstić information content (AvgIpc) is 2.36. The second-order valence-electron chi connectivity index (χ2n) is 7.29. The van der Waals surface area contributed by atoms with Crippen LogP contribution in [0.2, 0.25) is 0 Å². The fourth-order valence-corrected chi connectivity index (χ4v) is 3.25. The molecule has 21 heavy (non-hydrogen) atoms. The Morgan fingerprint density at radius 3 is 2.67 bits per heavy atom. The molecular formula is C19H31NO. The molecule has 1 aliphatic rings. The van der Waals surface area contributed by atoms with Gasteiger partial charge in [-0.05, 0) is 63.3 Å². The van der Waals surface area contributed by atoms with E-state index in [0.717, 1.165) is 31.1 Å². The van der Waals surface area contributed by atoms with E-state index in [4.69, 9.17) is 4.74 Å². The van der Waals surface area contributed by atoms with E-state index in [0.29, 0.717) is 6.04 Å². The highest BCUT2D eigenvalue weighted by molar-refractivity contribution is 5.47. The summed E-state index contributed by atoms with van der Waals surface area (Å²) >= 11 is 0. The highest BCUT2D eigenvalue weighted by Gasteiger charge is 2.36. The molecule has 0 amide bonds. The summed E-state index contributed by atoms with van der Waals surface area (Å²) in [6, 6.07) is 4.89. The van der Waals surface area contributed by atoms with Gasteiger partial charge in [-0.2, -0.15) is 0 Å². The molecule has 1 aromatic carbocycles. The molecule has 2 nitrogen and oxygen atoms in total. The number of hydrogen-bond donors (Lipinski definition) is 1. The van der Waals surface area contributed by atoms with Crippen LogP contribution < -0.4 is 10.1 Å². The van der Waals surface area contributed by atoms with E-state index >= 15 is 0 Å². The molecule has 2 rings (SSSR count). The van der Waals surface area contributed by atoms with Gasteiger partial charge in [0.15, 0.2) is 0 Å². The topological polar surface area (TPSA) is 21.3 Å². The van der Waals surface area contributed by atoms with Gasteiger partial charge in [0, 0.05) is 18.0 Å². The largest absolute Gasteiger partial charge is 0.487 e. The van der Waals surface area contributed by atoms with E-state index in [1.54, 1.807) is 0 Å². The van der Waals surface area contributed by atoms with Gasteiger partial charge in [-0.3, -0.25) is 0 Å². The van der Waals surface area contributed by atoms with Gasteiger partial charge in [-0.1, -0.05) is 26.8 Å². The summed E-state index contributed by atoms with van der Waals surface area (Å²) in [6.07, 6.45) is 3.32. The summed E-state index contributed by atoms with van der Waals surface area (Å²) in [5.74, 6) is 1.83. The Morgan fingerprint density at radius 2 is 2.05 bits per heavy atom. The molecule has 0 spiro atoms. The second kappa shape index (κ2) is 6.39. The van der Waals surface area contributed by atoms with Gasteiger partial charge in [0.2, 0.25) is 0 Å². The summed E-state index contributed by atoms with van der Waals surface area (Å²) in [5.41, 5.74) is 3.95. The number of fused-ring (bicyclic) bond motifs is 1. The van der Waals surface area contributed by atoms with Crippen molar-refractivity contribution < 1.29 is 4.74 Å². The Morgan fingerprint density at radius 1 is 1.33 bits per heavy atom. The SMILES string of the molecule is CCC1(C)CC(NCCC(C)C)c2c(C)cc(C)cc2O1. The van der Waals surface area contributed by atoms with Gasteiger partial charge < -0.3 is 10.1 Å². The van der Waals surface area contributed by atoms with Crippen molar-refractivity contribution in [1.82, 2.24) is 5.32 Å². The summed E-state index contributed by atoms with van der Waals surface area (Å²) in [4.78, 5) is 0. The number of ether oxygens (including phenoxy) is 1. The summed E-state index contributed by atoms with van der Waals surface area (Å²) in [5, 5.41) is 3.78. The zero-order chi connectivity index (χ0) is 15.6. The fourth-order valence-electron chi connectivity index (χ4n) is 3.25. The molecule has 0 aromatic heterocycles. The van der Waals surface area contributed by atoms with Crippen LogP contribution in [0.1, 0.15) is 69.7 Å². The van der Waals surface area contributed by atoms with Gasteiger partial charge >= 0.3 is 0 Å². The standard InChI is InChI=1S/C19H31NO/c1-7-19(6)12-16(20-9-8-13(2)3)18-15(5)10-14(4)11-17(18)21-19/h10-11,13,16,20H,7-9,12H2,1-6H3. The molecule has 1 aliphatic heterocycles. The van der Waals surface area contributed by atoms with Crippen LogP contribution in [0.15, 0.2) is 12.1 Å². The van der Waals surface area contributed by atoms with Crippen LogP contribution >= 0.6 is 0 Å². The Labute approximate surface area is 130 Å². The van der Waals surface area contributed by atoms with Crippen LogP contribution in [-0.4, -0.2) is 12.1 Å². The van der Waals surface area contributed by atoms with Crippen molar-refractivity contribution >= 4 is 0 Å². The van der Waals surface area contributed by atoms with E-state index in [1.165, 1.54) is 23.1 Å². The third kappa shape index (κ3) is 3.79. The van der Waals surface area contributed by atoms with Gasteiger partial charge in [0.25, 0.3) is 0 Å². The number of benzene rings is 1. The van der Waals surface area contributed by atoms with E-state index in [1.807, 2.05) is 0 Å². The number of aryl methyl sites for hydroxylation is 2. The predicted octanol–water partition coefficient (Wildman–Crippen LogP) is 4.93. The van der Waals surface area contributed by atoms with E-state index in [9.17, 15) is 0 Å². The van der Waals surface area contributed by atoms with Gasteiger partial charge in [0.1, 0.15) is 11.4 Å². The molecule has 1 N–H and O–H groups in total. The Hall–Kier alpha value is -1.02. The van der Waals surface area contributed by atoms with Crippen LogP contribution in [0.25, 0.3) is 0 Å². The van der Waals surface area contributed by atoms with Crippen molar-refractivity contribution in [3.05, 3.63) is 28.8 Å². The van der Waals surface area contributed by atoms with Crippen molar-refractivity contribution in [2.24, 2.45) is 5.92 Å². The number of rotatable bonds is 5. The third-order valence-corrected chi connectivity index (χ3v) is 4.69. The number of hydrogen-bond acceptors (Lipinski definition) is 2. The van der Waals surface area contributed by atoms with Crippen molar-refractivity contribution in [3.8, 4) is 5.75 Å². The maximum atomic E-state index is 6.35. The molecule has 1 heterocycles. The second-order valence-corrected chi connectivity index (χ2v) is 7.29. The molecule has 2 atom stereocenters. The minimum Gasteiger partial charge on any atom is -0.487 e. The molecule has 0 aliphatic carbocycles. The molecule has 2 unspecified atom stereocenters. The molecule has 0 saturated carbocycles. The predicted molar refractivity (Wildman–Crippen MR) is 90.1 cm³/mol. The van der Waals surface area contributed by atoms with Gasteiger partial charge in [-0.15, -0.1) is 0 Å². The smallest absolute Gasteiger partial charge is 0.125 e. The average molecular weight is 289 g/mol. The normalized spacial score (nSPS) is 24.8. The lowest BCUT2D eigenvalue weighted by atomic mass is 9.84. The Kier molecular flexibility index (Phi) is 4.98. The first-order valence-electron chi connectivity index (χ1n) is 8.38. The molecule has 2 heteroatoms. The van der Waals surface area contributed by atoms with Crippen LogP contribution in [0, 0.1) is 19.8 Å². The number of nitrogens with one attached hydrogen (secondary N) is 1. The first-order chi connectivity index (χ1) is 9.84. The third-order valence-electron chi connectivity index (χ3n) is 4.69. The van der Waals surface area contributed by atoms with Crippen molar-refractivity contribution in [2.75, 3.05) is 6.54 Å². The molecule has 0 bridgehead atoms. The minimum absolute atomic E-state index is 0.0528. The van der Waals surface area contributed by atoms with Crippen LogP contribution in [0.4, 0.5) is 0 Å². The van der Waals surface area contributed by atoms with Crippen LogP contribution in [0.3, 0.4) is 0 Å². The lowest BCUT2D eigenvalue weighted by molar-refractivity contribution is 0.0438. The van der Waals surface area contributed by atoms with Crippen LogP contribution in [0.5, 0.6) is 5.75 Å². The maximum absolute atomic E-state index is 6.35. The van der Waals surface area contributed by atoms with Crippen molar-refractivity contribution in [2.45, 2.75) is 72.4 Å². The molecule has 0 fully saturated rings. The summed E-state index contributed by atoms with van der Waals surface area (Å²) in [6.45, 7) is 14.5. The zero-order valence-electron chi connectivity index (χ0n) is 14.5. The van der Waals surface area contributed by atoms with E-state index in [-0.39, 0.29) is 5.60 Å². The summed E-state index contributed by atoms with van der Waals surface area (Å²) in [7, 11) is 0. The highest BCUT2D eigenvalue weighted by atomic mass is 16.5. The lowest BCUT2D eigenvalue weighted by Gasteiger charge is -2.41. The quantitative estimate of drug-likeness (QED) is 0.829.